The van der Waals surface area contributed by atoms with Crippen LogP contribution in [0.1, 0.15) is 25.2 Å². The normalized spacial score (nSPS) is 17.8. The third-order valence-electron chi connectivity index (χ3n) is 4.72. The number of rotatable bonds is 2. The van der Waals surface area contributed by atoms with Crippen molar-refractivity contribution in [1.82, 2.24) is 19.8 Å². The summed E-state index contributed by atoms with van der Waals surface area (Å²) in [6, 6.07) is 6.71. The molecule has 0 saturated carbocycles. The predicted octanol–water partition coefficient (Wildman–Crippen LogP) is 2.02. The lowest BCUT2D eigenvalue weighted by atomic mass is 9.91. The molecule has 108 valence electrons. The molecule has 2 aromatic rings. The number of fused-ring (bicyclic) bond motifs is 1. The molecule has 4 nitrogen and oxygen atoms in total. The molecule has 1 fully saturated rings. The highest BCUT2D eigenvalue weighted by atomic mass is 15.2. The van der Waals surface area contributed by atoms with Gasteiger partial charge in [0.25, 0.3) is 0 Å². The van der Waals surface area contributed by atoms with Gasteiger partial charge < -0.3 is 9.88 Å². The van der Waals surface area contributed by atoms with E-state index in [1.165, 1.54) is 11.1 Å². The zero-order chi connectivity index (χ0) is 14.3. The maximum atomic E-state index is 4.66. The second-order valence-corrected chi connectivity index (χ2v) is 6.22. The number of nitrogens with one attached hydrogen (secondary N) is 1. The lowest BCUT2D eigenvalue weighted by molar-refractivity contribution is 0.103. The van der Waals surface area contributed by atoms with Gasteiger partial charge in [-0.15, -0.1) is 0 Å². The molecule has 0 unspecified atom stereocenters. The number of hydrogen-bond acceptors (Lipinski definition) is 3. The summed E-state index contributed by atoms with van der Waals surface area (Å²) >= 11 is 0. The first-order valence-electron chi connectivity index (χ1n) is 7.39. The summed E-state index contributed by atoms with van der Waals surface area (Å²) in [4.78, 5) is 7.22. The van der Waals surface area contributed by atoms with Crippen LogP contribution in [-0.4, -0.2) is 40.6 Å². The van der Waals surface area contributed by atoms with Gasteiger partial charge in [0, 0.05) is 38.8 Å². The Morgan fingerprint density at radius 3 is 2.60 bits per heavy atom. The minimum absolute atomic E-state index is 0.0573. The minimum Gasteiger partial charge on any atom is -0.331 e. The number of imidazole rings is 1. The largest absolute Gasteiger partial charge is 0.331 e. The molecule has 0 amide bonds. The lowest BCUT2D eigenvalue weighted by Crippen LogP contribution is -2.51. The fraction of sp³-hybridized carbons (Fsp3) is 0.562. The monoisotopic (exact) mass is 272 g/mol. The molecule has 4 heteroatoms. The first-order chi connectivity index (χ1) is 9.50. The number of nitrogens with zero attached hydrogens (tertiary/aromatic N) is 3. The Labute approximate surface area is 120 Å². The van der Waals surface area contributed by atoms with Crippen LogP contribution in [0.5, 0.6) is 0 Å². The molecule has 0 aliphatic carbocycles. The van der Waals surface area contributed by atoms with Crippen LogP contribution in [0.25, 0.3) is 11.0 Å². The Morgan fingerprint density at radius 2 is 1.90 bits per heavy atom. The standard InChI is InChI=1S/C16H24N4/c1-12-18-14-11-13(5-6-15(14)19(12)4)16(2,3)20-9-7-17-8-10-20/h5-6,11,17H,7-10H2,1-4H3. The molecule has 1 N–H and O–H groups in total. The third kappa shape index (κ3) is 2.13. The van der Waals surface area contributed by atoms with Gasteiger partial charge in [0.05, 0.1) is 11.0 Å². The van der Waals surface area contributed by atoms with E-state index in [9.17, 15) is 0 Å². The van der Waals surface area contributed by atoms with Gasteiger partial charge in [0.1, 0.15) is 5.82 Å². The van der Waals surface area contributed by atoms with Crippen molar-refractivity contribution in [3.63, 3.8) is 0 Å². The highest BCUT2D eigenvalue weighted by Crippen LogP contribution is 2.30. The van der Waals surface area contributed by atoms with Crippen LogP contribution >= 0.6 is 0 Å². The summed E-state index contributed by atoms with van der Waals surface area (Å²) in [6.45, 7) is 11.0. The van der Waals surface area contributed by atoms with E-state index in [0.29, 0.717) is 0 Å². The zero-order valence-electron chi connectivity index (χ0n) is 12.9. The Morgan fingerprint density at radius 1 is 1.20 bits per heavy atom. The van der Waals surface area contributed by atoms with Gasteiger partial charge in [-0.05, 0) is 38.5 Å². The Kier molecular flexibility index (Phi) is 3.30. The summed E-state index contributed by atoms with van der Waals surface area (Å²) in [6.07, 6.45) is 0. The van der Waals surface area contributed by atoms with Crippen molar-refractivity contribution in [3.8, 4) is 0 Å². The van der Waals surface area contributed by atoms with Crippen molar-refractivity contribution in [2.24, 2.45) is 7.05 Å². The van der Waals surface area contributed by atoms with Crippen molar-refractivity contribution in [1.29, 1.82) is 0 Å². The molecule has 0 spiro atoms. The summed E-state index contributed by atoms with van der Waals surface area (Å²) in [7, 11) is 2.08. The van der Waals surface area contributed by atoms with Crippen molar-refractivity contribution in [2.45, 2.75) is 26.3 Å². The van der Waals surface area contributed by atoms with Gasteiger partial charge in [0.2, 0.25) is 0 Å². The first-order valence-corrected chi connectivity index (χ1v) is 7.39. The van der Waals surface area contributed by atoms with Gasteiger partial charge >= 0.3 is 0 Å². The number of aryl methyl sites for hydroxylation is 2. The van der Waals surface area contributed by atoms with Crippen molar-refractivity contribution in [3.05, 3.63) is 29.6 Å². The van der Waals surface area contributed by atoms with Gasteiger partial charge in [-0.2, -0.15) is 0 Å². The van der Waals surface area contributed by atoms with E-state index in [1.54, 1.807) is 0 Å². The topological polar surface area (TPSA) is 33.1 Å². The van der Waals surface area contributed by atoms with Crippen molar-refractivity contribution >= 4 is 11.0 Å². The van der Waals surface area contributed by atoms with Crippen LogP contribution in [-0.2, 0) is 12.6 Å². The van der Waals surface area contributed by atoms with Crippen LogP contribution in [0.3, 0.4) is 0 Å². The molecule has 2 heterocycles. The first kappa shape index (κ1) is 13.6. The highest BCUT2D eigenvalue weighted by Gasteiger charge is 2.29. The second kappa shape index (κ2) is 4.86. The van der Waals surface area contributed by atoms with Gasteiger partial charge in [-0.3, -0.25) is 4.90 Å². The quantitative estimate of drug-likeness (QED) is 0.908. The van der Waals surface area contributed by atoms with E-state index < -0.39 is 0 Å². The van der Waals surface area contributed by atoms with E-state index in [0.717, 1.165) is 37.5 Å². The summed E-state index contributed by atoms with van der Waals surface area (Å²) in [5.41, 5.74) is 3.72. The maximum absolute atomic E-state index is 4.66. The SMILES string of the molecule is Cc1nc2cc(C(C)(C)N3CCNCC3)ccc2n1C. The molecule has 1 aromatic carbocycles. The Bertz CT molecular complexity index is 621. The van der Waals surface area contributed by atoms with Gasteiger partial charge in [0.15, 0.2) is 0 Å². The average molecular weight is 272 g/mol. The number of benzene rings is 1. The average Bonchev–Trinajstić information content (AvgIpc) is 2.74. The van der Waals surface area contributed by atoms with E-state index in [2.05, 4.69) is 65.8 Å². The molecular formula is C16H24N4. The van der Waals surface area contributed by atoms with Gasteiger partial charge in [-0.1, -0.05) is 6.07 Å². The number of aromatic nitrogens is 2. The number of hydrogen-bond donors (Lipinski definition) is 1. The molecule has 0 radical (unpaired) electrons. The zero-order valence-corrected chi connectivity index (χ0v) is 12.9. The van der Waals surface area contributed by atoms with Crippen LogP contribution < -0.4 is 5.32 Å². The molecule has 0 bridgehead atoms. The van der Waals surface area contributed by atoms with Crippen LogP contribution in [0.4, 0.5) is 0 Å². The van der Waals surface area contributed by atoms with Crippen molar-refractivity contribution in [2.75, 3.05) is 26.2 Å². The van der Waals surface area contributed by atoms with Crippen LogP contribution in [0.15, 0.2) is 18.2 Å². The molecule has 20 heavy (non-hydrogen) atoms. The van der Waals surface area contributed by atoms with Gasteiger partial charge in [-0.25, -0.2) is 4.98 Å². The molecular weight excluding hydrogens is 248 g/mol. The van der Waals surface area contributed by atoms with Crippen molar-refractivity contribution < 1.29 is 0 Å². The lowest BCUT2D eigenvalue weighted by Gasteiger charge is -2.41. The van der Waals surface area contributed by atoms with E-state index in [1.807, 2.05) is 0 Å². The molecule has 0 atom stereocenters. The maximum Gasteiger partial charge on any atom is 0.106 e. The summed E-state index contributed by atoms with van der Waals surface area (Å²) in [5, 5.41) is 3.42. The summed E-state index contributed by atoms with van der Waals surface area (Å²) < 4.78 is 2.15. The predicted molar refractivity (Wildman–Crippen MR) is 82.9 cm³/mol. The number of piperazine rings is 1. The van der Waals surface area contributed by atoms with E-state index in [-0.39, 0.29) is 5.54 Å². The minimum atomic E-state index is 0.0573. The Hall–Kier alpha value is -1.39. The van der Waals surface area contributed by atoms with Crippen LogP contribution in [0, 0.1) is 6.92 Å². The molecule has 1 aromatic heterocycles. The molecule has 1 saturated heterocycles. The van der Waals surface area contributed by atoms with E-state index in [4.69, 9.17) is 0 Å². The Balaban J connectivity index is 2.00. The van der Waals surface area contributed by atoms with Crippen LogP contribution in [0.2, 0.25) is 0 Å². The fourth-order valence-corrected chi connectivity index (χ4v) is 3.11. The second-order valence-electron chi connectivity index (χ2n) is 6.22. The smallest absolute Gasteiger partial charge is 0.106 e. The molecule has 1 aliphatic rings. The highest BCUT2D eigenvalue weighted by molar-refractivity contribution is 5.77. The molecule has 1 aliphatic heterocycles. The van der Waals surface area contributed by atoms with E-state index >= 15 is 0 Å². The fourth-order valence-electron chi connectivity index (χ4n) is 3.11. The summed E-state index contributed by atoms with van der Waals surface area (Å²) in [5.74, 6) is 1.07. The molecule has 3 rings (SSSR count). The third-order valence-corrected chi connectivity index (χ3v) is 4.72.